The van der Waals surface area contributed by atoms with E-state index in [0.29, 0.717) is 50.4 Å². The second kappa shape index (κ2) is 11.9. The summed E-state index contributed by atoms with van der Waals surface area (Å²) < 4.78 is 11.1. The van der Waals surface area contributed by atoms with Crippen molar-refractivity contribution in [1.29, 1.82) is 0 Å². The Balaban J connectivity index is 2.50. The number of carbonyl (C=O) groups is 2. The van der Waals surface area contributed by atoms with E-state index in [1.54, 1.807) is 0 Å². The zero-order valence-corrected chi connectivity index (χ0v) is 14.8. The molecular formula is C18H26N2O5. The Labute approximate surface area is 148 Å². The van der Waals surface area contributed by atoms with Gasteiger partial charge < -0.3 is 14.6 Å². The standard InChI is InChI=1S/C18H26N2O5/c1-3-24-15-10-8-9-14(18(15)25-4-2)13-19-20-16(21)11-6-5-7-12-17(22)23/h8-10,13H,3-7,11-12H2,1-2H3,(H,20,21)(H,22,23)/b19-13+. The van der Waals surface area contributed by atoms with Crippen molar-refractivity contribution in [1.82, 2.24) is 5.43 Å². The number of aliphatic carboxylic acids is 1. The summed E-state index contributed by atoms with van der Waals surface area (Å²) in [4.78, 5) is 22.1. The first-order valence-corrected chi connectivity index (χ1v) is 8.50. The number of carbonyl (C=O) groups excluding carboxylic acids is 1. The van der Waals surface area contributed by atoms with Crippen molar-refractivity contribution in [2.24, 2.45) is 5.10 Å². The summed E-state index contributed by atoms with van der Waals surface area (Å²) in [6, 6.07) is 5.48. The van der Waals surface area contributed by atoms with E-state index in [-0.39, 0.29) is 12.3 Å². The first kappa shape index (κ1) is 20.5. The molecule has 0 saturated heterocycles. The molecule has 0 aliphatic carbocycles. The van der Waals surface area contributed by atoms with Crippen molar-refractivity contribution in [3.05, 3.63) is 23.8 Å². The molecule has 138 valence electrons. The van der Waals surface area contributed by atoms with E-state index in [2.05, 4.69) is 10.5 Å². The van der Waals surface area contributed by atoms with Crippen LogP contribution in [-0.2, 0) is 9.59 Å². The highest BCUT2D eigenvalue weighted by atomic mass is 16.5. The molecule has 1 rings (SSSR count). The minimum Gasteiger partial charge on any atom is -0.490 e. The normalized spacial score (nSPS) is 10.6. The molecule has 2 N–H and O–H groups in total. The maximum absolute atomic E-state index is 11.7. The average molecular weight is 350 g/mol. The number of carboxylic acids is 1. The monoisotopic (exact) mass is 350 g/mol. The summed E-state index contributed by atoms with van der Waals surface area (Å²) in [6.07, 6.45) is 3.89. The van der Waals surface area contributed by atoms with Crippen LogP contribution in [0.4, 0.5) is 0 Å². The zero-order chi connectivity index (χ0) is 18.5. The number of benzene rings is 1. The van der Waals surface area contributed by atoms with Crippen LogP contribution in [-0.4, -0.2) is 36.4 Å². The molecule has 0 fully saturated rings. The number of unbranched alkanes of at least 4 members (excludes halogenated alkanes) is 2. The number of hydrazone groups is 1. The van der Waals surface area contributed by atoms with Crippen molar-refractivity contribution in [2.75, 3.05) is 13.2 Å². The summed E-state index contributed by atoms with van der Waals surface area (Å²) in [7, 11) is 0. The summed E-state index contributed by atoms with van der Waals surface area (Å²) in [6.45, 7) is 4.80. The molecule has 0 radical (unpaired) electrons. The van der Waals surface area contributed by atoms with E-state index < -0.39 is 5.97 Å². The maximum atomic E-state index is 11.7. The predicted octanol–water partition coefficient (Wildman–Crippen LogP) is 2.97. The highest BCUT2D eigenvalue weighted by Crippen LogP contribution is 2.30. The van der Waals surface area contributed by atoms with Crippen molar-refractivity contribution in [2.45, 2.75) is 46.0 Å². The van der Waals surface area contributed by atoms with Gasteiger partial charge in [0, 0.05) is 18.4 Å². The van der Waals surface area contributed by atoms with Crippen LogP contribution in [0.1, 0.15) is 51.5 Å². The summed E-state index contributed by atoms with van der Waals surface area (Å²) in [5.41, 5.74) is 3.19. The molecule has 0 aromatic heterocycles. The molecule has 0 atom stereocenters. The van der Waals surface area contributed by atoms with Crippen molar-refractivity contribution in [3.8, 4) is 11.5 Å². The van der Waals surface area contributed by atoms with Crippen molar-refractivity contribution >= 4 is 18.1 Å². The molecule has 0 aliphatic rings. The SMILES string of the molecule is CCOc1cccc(/C=N/NC(=O)CCCCCC(=O)O)c1OCC. The number of rotatable bonds is 12. The quantitative estimate of drug-likeness (QED) is 0.343. The smallest absolute Gasteiger partial charge is 0.303 e. The van der Waals surface area contributed by atoms with E-state index in [1.807, 2.05) is 32.0 Å². The number of hydrogen-bond acceptors (Lipinski definition) is 5. The van der Waals surface area contributed by atoms with Crippen molar-refractivity contribution < 1.29 is 24.2 Å². The number of carboxylic acid groups (broad SMARTS) is 1. The van der Waals surface area contributed by atoms with Crippen LogP contribution >= 0.6 is 0 Å². The fourth-order valence-electron chi connectivity index (χ4n) is 2.17. The number of amides is 1. The van der Waals surface area contributed by atoms with E-state index in [9.17, 15) is 9.59 Å². The van der Waals surface area contributed by atoms with Crippen LogP contribution in [0.25, 0.3) is 0 Å². The molecule has 1 aromatic rings. The highest BCUT2D eigenvalue weighted by molar-refractivity contribution is 5.86. The van der Waals surface area contributed by atoms with Crippen LogP contribution in [0.3, 0.4) is 0 Å². The third kappa shape index (κ3) is 8.19. The Kier molecular flexibility index (Phi) is 9.74. The largest absolute Gasteiger partial charge is 0.490 e. The van der Waals surface area contributed by atoms with E-state index in [1.165, 1.54) is 6.21 Å². The number of ether oxygens (including phenoxy) is 2. The predicted molar refractivity (Wildman–Crippen MR) is 95.2 cm³/mol. The first-order valence-electron chi connectivity index (χ1n) is 8.50. The summed E-state index contributed by atoms with van der Waals surface area (Å²) in [5.74, 6) is 0.218. The van der Waals surface area contributed by atoms with Crippen LogP contribution in [0.2, 0.25) is 0 Å². The summed E-state index contributed by atoms with van der Waals surface area (Å²) in [5, 5.41) is 12.5. The molecule has 0 heterocycles. The third-order valence-corrected chi connectivity index (χ3v) is 3.29. The van der Waals surface area contributed by atoms with Crippen LogP contribution in [0, 0.1) is 0 Å². The first-order chi connectivity index (χ1) is 12.1. The molecule has 7 nitrogen and oxygen atoms in total. The van der Waals surface area contributed by atoms with E-state index >= 15 is 0 Å². The Bertz CT molecular complexity index is 587. The fraction of sp³-hybridized carbons (Fsp3) is 0.500. The Morgan fingerprint density at radius 3 is 2.52 bits per heavy atom. The molecule has 1 aromatic carbocycles. The molecule has 0 spiro atoms. The van der Waals surface area contributed by atoms with Gasteiger partial charge in [0.05, 0.1) is 19.4 Å². The second-order valence-corrected chi connectivity index (χ2v) is 5.29. The van der Waals surface area contributed by atoms with Gasteiger partial charge in [-0.05, 0) is 38.8 Å². The average Bonchev–Trinajstić information content (AvgIpc) is 2.57. The molecule has 0 unspecified atom stereocenters. The molecule has 7 heteroatoms. The van der Waals surface area contributed by atoms with E-state index in [0.717, 1.165) is 5.56 Å². The van der Waals surface area contributed by atoms with Gasteiger partial charge in [-0.15, -0.1) is 0 Å². The van der Waals surface area contributed by atoms with Gasteiger partial charge in [-0.2, -0.15) is 5.10 Å². The van der Waals surface area contributed by atoms with Gasteiger partial charge >= 0.3 is 5.97 Å². The topological polar surface area (TPSA) is 97.2 Å². The molecule has 0 saturated carbocycles. The highest BCUT2D eigenvalue weighted by Gasteiger charge is 2.09. The summed E-state index contributed by atoms with van der Waals surface area (Å²) >= 11 is 0. The fourth-order valence-corrected chi connectivity index (χ4v) is 2.17. The lowest BCUT2D eigenvalue weighted by Gasteiger charge is -2.12. The number of nitrogens with zero attached hydrogens (tertiary/aromatic N) is 1. The van der Waals surface area contributed by atoms with Gasteiger partial charge in [0.25, 0.3) is 0 Å². The van der Waals surface area contributed by atoms with Gasteiger partial charge in [-0.25, -0.2) is 5.43 Å². The minimum atomic E-state index is -0.812. The number of hydrogen-bond donors (Lipinski definition) is 2. The lowest BCUT2D eigenvalue weighted by atomic mass is 10.1. The Hall–Kier alpha value is -2.57. The Morgan fingerprint density at radius 1 is 1.12 bits per heavy atom. The Morgan fingerprint density at radius 2 is 1.84 bits per heavy atom. The van der Waals surface area contributed by atoms with Gasteiger partial charge in [-0.3, -0.25) is 9.59 Å². The van der Waals surface area contributed by atoms with Gasteiger partial charge in [-0.1, -0.05) is 12.5 Å². The molecular weight excluding hydrogens is 324 g/mol. The van der Waals surface area contributed by atoms with Gasteiger partial charge in [0.15, 0.2) is 11.5 Å². The molecule has 0 aliphatic heterocycles. The van der Waals surface area contributed by atoms with Gasteiger partial charge in [0.2, 0.25) is 5.91 Å². The lowest BCUT2D eigenvalue weighted by Crippen LogP contribution is -2.17. The van der Waals surface area contributed by atoms with Crippen LogP contribution in [0.5, 0.6) is 11.5 Å². The zero-order valence-electron chi connectivity index (χ0n) is 14.8. The minimum absolute atomic E-state index is 0.135. The van der Waals surface area contributed by atoms with Crippen LogP contribution in [0.15, 0.2) is 23.3 Å². The maximum Gasteiger partial charge on any atom is 0.303 e. The van der Waals surface area contributed by atoms with Crippen LogP contribution < -0.4 is 14.9 Å². The van der Waals surface area contributed by atoms with E-state index in [4.69, 9.17) is 14.6 Å². The second-order valence-electron chi connectivity index (χ2n) is 5.29. The third-order valence-electron chi connectivity index (χ3n) is 3.29. The van der Waals surface area contributed by atoms with Crippen molar-refractivity contribution in [3.63, 3.8) is 0 Å². The molecule has 0 bridgehead atoms. The molecule has 1 amide bonds. The van der Waals surface area contributed by atoms with Gasteiger partial charge in [0.1, 0.15) is 0 Å². The number of nitrogens with one attached hydrogen (secondary N) is 1. The molecule has 25 heavy (non-hydrogen) atoms. The lowest BCUT2D eigenvalue weighted by molar-refractivity contribution is -0.137. The number of para-hydroxylation sites is 1.